The molecule has 4 rings (SSSR count). The minimum Gasteiger partial charge on any atom is -0.392 e. The highest BCUT2D eigenvalue weighted by Gasteiger charge is 2.34. The predicted octanol–water partition coefficient (Wildman–Crippen LogP) is 1.08. The van der Waals surface area contributed by atoms with Crippen molar-refractivity contribution in [1.29, 1.82) is 0 Å². The monoisotopic (exact) mass is 361 g/mol. The number of β-amino-alcohol motifs (C(OH)–C–C–N with tert-alkyl or cyclic N) is 1. The SMILES string of the molecule is Cc1ccsc1C(=O)N1CCc2nnc([C@@H]3C[C@@H](O)CN3C)n2CC1. The minimum atomic E-state index is -0.311. The summed E-state index contributed by atoms with van der Waals surface area (Å²) in [7, 11) is 2.01. The maximum atomic E-state index is 12.8. The van der Waals surface area contributed by atoms with Crippen LogP contribution < -0.4 is 0 Å². The molecule has 7 nitrogen and oxygen atoms in total. The summed E-state index contributed by atoms with van der Waals surface area (Å²) in [5.74, 6) is 1.96. The van der Waals surface area contributed by atoms with Gasteiger partial charge in [0.25, 0.3) is 5.91 Å². The number of fused-ring (bicyclic) bond motifs is 1. The lowest BCUT2D eigenvalue weighted by atomic mass is 10.2. The van der Waals surface area contributed by atoms with E-state index in [0.717, 1.165) is 22.1 Å². The molecule has 25 heavy (non-hydrogen) atoms. The molecule has 0 aromatic carbocycles. The molecule has 2 aliphatic rings. The Morgan fingerprint density at radius 3 is 2.84 bits per heavy atom. The number of hydrogen-bond acceptors (Lipinski definition) is 6. The molecule has 0 saturated carbocycles. The number of carbonyl (C=O) groups is 1. The van der Waals surface area contributed by atoms with E-state index in [9.17, 15) is 9.90 Å². The molecule has 0 unspecified atom stereocenters. The van der Waals surface area contributed by atoms with Gasteiger partial charge in [-0.15, -0.1) is 21.5 Å². The summed E-state index contributed by atoms with van der Waals surface area (Å²) in [6.07, 6.45) is 1.09. The number of aliphatic hydroxyl groups excluding tert-OH is 1. The Morgan fingerprint density at radius 2 is 2.16 bits per heavy atom. The van der Waals surface area contributed by atoms with Gasteiger partial charge in [0.2, 0.25) is 0 Å². The lowest BCUT2D eigenvalue weighted by Crippen LogP contribution is -2.33. The standard InChI is InChI=1S/C17H23N5O2S/c1-11-4-8-25-15(11)17(24)21-5-3-14-18-19-16(22(14)7-6-21)13-9-12(23)10-20(13)2/h4,8,12-13,23H,3,5-7,9-10H2,1-2H3/t12-,13+/m1/s1. The Bertz CT molecular complexity index is 786. The van der Waals surface area contributed by atoms with Gasteiger partial charge in [-0.3, -0.25) is 9.69 Å². The van der Waals surface area contributed by atoms with Crippen molar-refractivity contribution in [3.05, 3.63) is 33.5 Å². The smallest absolute Gasteiger partial charge is 0.264 e. The molecule has 0 bridgehead atoms. The Hall–Kier alpha value is -1.77. The first kappa shape index (κ1) is 16.7. The fourth-order valence-electron chi connectivity index (χ4n) is 3.80. The second-order valence-electron chi connectivity index (χ2n) is 6.95. The van der Waals surface area contributed by atoms with Crippen LogP contribution in [0.15, 0.2) is 11.4 Å². The van der Waals surface area contributed by atoms with Crippen LogP contribution in [0.5, 0.6) is 0 Å². The van der Waals surface area contributed by atoms with Crippen LogP contribution in [0, 0.1) is 6.92 Å². The van der Waals surface area contributed by atoms with Gasteiger partial charge in [0.15, 0.2) is 5.82 Å². The van der Waals surface area contributed by atoms with E-state index in [1.165, 1.54) is 11.3 Å². The van der Waals surface area contributed by atoms with Crippen molar-refractivity contribution in [1.82, 2.24) is 24.6 Å². The van der Waals surface area contributed by atoms with Crippen LogP contribution in [-0.4, -0.2) is 68.4 Å². The highest BCUT2D eigenvalue weighted by atomic mass is 32.1. The van der Waals surface area contributed by atoms with Gasteiger partial charge in [-0.1, -0.05) is 0 Å². The average molecular weight is 361 g/mol. The lowest BCUT2D eigenvalue weighted by molar-refractivity contribution is 0.0762. The Kier molecular flexibility index (Phi) is 4.35. The van der Waals surface area contributed by atoms with Crippen LogP contribution >= 0.6 is 11.3 Å². The number of rotatable bonds is 2. The van der Waals surface area contributed by atoms with E-state index in [2.05, 4.69) is 19.7 Å². The van der Waals surface area contributed by atoms with Crippen LogP contribution in [-0.2, 0) is 13.0 Å². The van der Waals surface area contributed by atoms with Crippen LogP contribution in [0.25, 0.3) is 0 Å². The zero-order valence-electron chi connectivity index (χ0n) is 14.6. The zero-order chi connectivity index (χ0) is 17.6. The van der Waals surface area contributed by atoms with Crippen LogP contribution in [0.4, 0.5) is 0 Å². The predicted molar refractivity (Wildman–Crippen MR) is 94.7 cm³/mol. The van der Waals surface area contributed by atoms with Crippen molar-refractivity contribution < 1.29 is 9.90 Å². The highest BCUT2D eigenvalue weighted by molar-refractivity contribution is 7.12. The molecule has 0 aliphatic carbocycles. The molecule has 134 valence electrons. The number of aryl methyl sites for hydroxylation is 1. The Labute approximate surface area is 150 Å². The van der Waals surface area contributed by atoms with Crippen LogP contribution in [0.3, 0.4) is 0 Å². The number of amides is 1. The summed E-state index contributed by atoms with van der Waals surface area (Å²) in [5.41, 5.74) is 1.04. The van der Waals surface area contributed by atoms with Crippen molar-refractivity contribution in [3.8, 4) is 0 Å². The normalized spacial score (nSPS) is 24.4. The highest BCUT2D eigenvalue weighted by Crippen LogP contribution is 2.30. The first-order chi connectivity index (χ1) is 12.0. The lowest BCUT2D eigenvalue weighted by Gasteiger charge is -2.21. The molecule has 2 aromatic heterocycles. The van der Waals surface area contributed by atoms with Gasteiger partial charge in [-0.2, -0.15) is 0 Å². The van der Waals surface area contributed by atoms with Crippen molar-refractivity contribution in [2.45, 2.75) is 38.5 Å². The second-order valence-corrected chi connectivity index (χ2v) is 7.86. The third-order valence-electron chi connectivity index (χ3n) is 5.22. The summed E-state index contributed by atoms with van der Waals surface area (Å²) in [5, 5.41) is 20.7. The summed E-state index contributed by atoms with van der Waals surface area (Å²) < 4.78 is 2.15. The number of hydrogen-bond donors (Lipinski definition) is 1. The van der Waals surface area contributed by atoms with Gasteiger partial charge in [0.1, 0.15) is 5.82 Å². The van der Waals surface area contributed by atoms with E-state index in [1.807, 2.05) is 30.3 Å². The molecule has 4 heterocycles. The van der Waals surface area contributed by atoms with Crippen LogP contribution in [0.1, 0.15) is 39.3 Å². The van der Waals surface area contributed by atoms with Crippen LogP contribution in [0.2, 0.25) is 0 Å². The van der Waals surface area contributed by atoms with Gasteiger partial charge < -0.3 is 14.6 Å². The molecule has 2 aliphatic heterocycles. The maximum absolute atomic E-state index is 12.8. The van der Waals surface area contributed by atoms with Gasteiger partial charge >= 0.3 is 0 Å². The first-order valence-corrected chi connectivity index (χ1v) is 9.56. The summed E-state index contributed by atoms with van der Waals surface area (Å²) in [6.45, 7) is 4.67. The molecule has 1 fully saturated rings. The van der Waals surface area contributed by atoms with E-state index in [0.29, 0.717) is 39.0 Å². The topological polar surface area (TPSA) is 74.5 Å². The average Bonchev–Trinajstić information content (AvgIpc) is 3.22. The molecular weight excluding hydrogens is 338 g/mol. The fraction of sp³-hybridized carbons (Fsp3) is 0.588. The van der Waals surface area contributed by atoms with Gasteiger partial charge in [-0.05, 0) is 37.4 Å². The van der Waals surface area contributed by atoms with Crippen molar-refractivity contribution >= 4 is 17.2 Å². The minimum absolute atomic E-state index is 0.0954. The summed E-state index contributed by atoms with van der Waals surface area (Å²) in [4.78, 5) is 17.7. The number of aliphatic hydroxyl groups is 1. The van der Waals surface area contributed by atoms with Crippen molar-refractivity contribution in [3.63, 3.8) is 0 Å². The van der Waals surface area contributed by atoms with E-state index in [1.54, 1.807) is 0 Å². The van der Waals surface area contributed by atoms with Gasteiger partial charge in [0, 0.05) is 32.6 Å². The summed E-state index contributed by atoms with van der Waals surface area (Å²) >= 11 is 1.51. The molecule has 1 N–H and O–H groups in total. The third-order valence-corrected chi connectivity index (χ3v) is 6.23. The number of carbonyl (C=O) groups excluding carboxylic acids is 1. The molecule has 1 saturated heterocycles. The fourth-order valence-corrected chi connectivity index (χ4v) is 4.70. The molecule has 2 atom stereocenters. The second kappa shape index (κ2) is 6.51. The number of thiophene rings is 1. The molecule has 8 heteroatoms. The number of likely N-dealkylation sites (N-methyl/N-ethyl adjacent to an activating group) is 1. The van der Waals surface area contributed by atoms with E-state index in [4.69, 9.17) is 0 Å². The van der Waals surface area contributed by atoms with E-state index < -0.39 is 0 Å². The number of nitrogens with zero attached hydrogens (tertiary/aromatic N) is 5. The van der Waals surface area contributed by atoms with Gasteiger partial charge in [0.05, 0.1) is 17.0 Å². The first-order valence-electron chi connectivity index (χ1n) is 8.68. The maximum Gasteiger partial charge on any atom is 0.264 e. The molecular formula is C17H23N5O2S. The van der Waals surface area contributed by atoms with Gasteiger partial charge in [-0.25, -0.2) is 0 Å². The Morgan fingerprint density at radius 1 is 1.32 bits per heavy atom. The quantitative estimate of drug-likeness (QED) is 0.867. The largest absolute Gasteiger partial charge is 0.392 e. The number of aromatic nitrogens is 3. The van der Waals surface area contributed by atoms with E-state index >= 15 is 0 Å². The third kappa shape index (κ3) is 2.98. The van der Waals surface area contributed by atoms with Crippen molar-refractivity contribution in [2.75, 3.05) is 26.7 Å². The molecule has 0 spiro atoms. The van der Waals surface area contributed by atoms with Crippen molar-refractivity contribution in [2.24, 2.45) is 0 Å². The van der Waals surface area contributed by atoms with E-state index in [-0.39, 0.29) is 18.1 Å². The number of likely N-dealkylation sites (tertiary alicyclic amines) is 1. The molecule has 1 amide bonds. The Balaban J connectivity index is 1.53. The molecule has 2 aromatic rings. The molecule has 0 radical (unpaired) electrons. The summed E-state index contributed by atoms with van der Waals surface area (Å²) in [6, 6.07) is 2.09. The zero-order valence-corrected chi connectivity index (χ0v) is 15.4.